The molecule has 0 spiro atoms. The lowest BCUT2D eigenvalue weighted by molar-refractivity contribution is -0.126. The molecule has 2 aliphatic rings. The van der Waals surface area contributed by atoms with Crippen LogP contribution in [0.5, 0.6) is 0 Å². The third-order valence-corrected chi connectivity index (χ3v) is 6.44. The van der Waals surface area contributed by atoms with Crippen molar-refractivity contribution in [3.8, 4) is 0 Å². The minimum atomic E-state index is -0.488. The number of Topliss-reactive ketones (excluding diaryl/α,β-unsaturated/α-hetero) is 2. The lowest BCUT2D eigenvalue weighted by atomic mass is 9.68. The zero-order chi connectivity index (χ0) is 20.6. The second-order valence-corrected chi connectivity index (χ2v) is 8.13. The summed E-state index contributed by atoms with van der Waals surface area (Å²) in [5, 5.41) is 3.33. The number of benzene rings is 2. The van der Waals surface area contributed by atoms with Crippen molar-refractivity contribution in [2.45, 2.75) is 44.6 Å². The molecule has 0 radical (unpaired) electrons. The Morgan fingerprint density at radius 3 is 2.83 bits per heavy atom. The Hall–Kier alpha value is -2.66. The number of anilines is 3. The van der Waals surface area contributed by atoms with Crippen LogP contribution < -0.4 is 10.2 Å². The molecule has 0 aromatic heterocycles. The van der Waals surface area contributed by atoms with Crippen LogP contribution in [0.3, 0.4) is 0 Å². The van der Waals surface area contributed by atoms with Crippen LogP contribution in [0.15, 0.2) is 42.5 Å². The lowest BCUT2D eigenvalue weighted by Gasteiger charge is -2.39. The Bertz CT molecular complexity index is 955. The van der Waals surface area contributed by atoms with Crippen molar-refractivity contribution in [3.05, 3.63) is 53.6 Å². The summed E-state index contributed by atoms with van der Waals surface area (Å²) in [7, 11) is 1.66. The van der Waals surface area contributed by atoms with E-state index < -0.39 is 5.41 Å². The van der Waals surface area contributed by atoms with E-state index in [4.69, 9.17) is 4.74 Å². The molecule has 1 heterocycles. The van der Waals surface area contributed by atoms with E-state index in [0.717, 1.165) is 35.5 Å². The van der Waals surface area contributed by atoms with Gasteiger partial charge in [-0.3, -0.25) is 9.59 Å². The van der Waals surface area contributed by atoms with Crippen LogP contribution in [0.25, 0.3) is 0 Å². The van der Waals surface area contributed by atoms with Crippen LogP contribution in [0.1, 0.15) is 49.0 Å². The Balaban J connectivity index is 1.80. The SMILES string of the molecule is COCCNc1cc(N2c3ccccc3C3(C)C(=O)CCCC23)ccc1C(C)=O. The number of ketones is 2. The Morgan fingerprint density at radius 2 is 2.07 bits per heavy atom. The van der Waals surface area contributed by atoms with Crippen LogP contribution in [0, 0.1) is 0 Å². The molecule has 2 unspecified atom stereocenters. The molecule has 1 aliphatic heterocycles. The van der Waals surface area contributed by atoms with Crippen LogP contribution in [-0.2, 0) is 14.9 Å². The number of nitrogens with one attached hydrogen (secondary N) is 1. The fourth-order valence-corrected chi connectivity index (χ4v) is 4.94. The van der Waals surface area contributed by atoms with Crippen molar-refractivity contribution in [2.24, 2.45) is 0 Å². The van der Waals surface area contributed by atoms with Gasteiger partial charge in [0.1, 0.15) is 5.78 Å². The van der Waals surface area contributed by atoms with Crippen LogP contribution in [0.4, 0.5) is 17.1 Å². The largest absolute Gasteiger partial charge is 0.383 e. The van der Waals surface area contributed by atoms with Gasteiger partial charge in [0.25, 0.3) is 0 Å². The minimum Gasteiger partial charge on any atom is -0.383 e. The van der Waals surface area contributed by atoms with E-state index in [2.05, 4.69) is 29.3 Å². The van der Waals surface area contributed by atoms with E-state index >= 15 is 0 Å². The van der Waals surface area contributed by atoms with Gasteiger partial charge in [-0.15, -0.1) is 0 Å². The third-order valence-electron chi connectivity index (χ3n) is 6.44. The first-order chi connectivity index (χ1) is 14.0. The maximum atomic E-state index is 13.0. The molecule has 152 valence electrons. The summed E-state index contributed by atoms with van der Waals surface area (Å²) in [5.41, 5.74) is 4.19. The number of nitrogens with zero attached hydrogens (tertiary/aromatic N) is 1. The first-order valence-electron chi connectivity index (χ1n) is 10.3. The average molecular weight is 392 g/mol. The average Bonchev–Trinajstić information content (AvgIpc) is 2.98. The van der Waals surface area contributed by atoms with Crippen molar-refractivity contribution < 1.29 is 14.3 Å². The molecule has 2 aromatic carbocycles. The summed E-state index contributed by atoms with van der Waals surface area (Å²) < 4.78 is 5.14. The number of ether oxygens (including phenoxy) is 1. The van der Waals surface area contributed by atoms with Gasteiger partial charge >= 0.3 is 0 Å². The summed E-state index contributed by atoms with van der Waals surface area (Å²) in [6, 6.07) is 14.2. The molecule has 0 amide bonds. The zero-order valence-electron chi connectivity index (χ0n) is 17.3. The van der Waals surface area contributed by atoms with Gasteiger partial charge < -0.3 is 15.0 Å². The predicted molar refractivity (Wildman–Crippen MR) is 115 cm³/mol. The molecule has 5 nitrogen and oxygen atoms in total. The van der Waals surface area contributed by atoms with Crippen molar-refractivity contribution >= 4 is 28.6 Å². The highest BCUT2D eigenvalue weighted by molar-refractivity contribution is 6.01. The fraction of sp³-hybridized carbons (Fsp3) is 0.417. The molecule has 0 saturated heterocycles. The number of carbonyl (C=O) groups is 2. The number of hydrogen-bond acceptors (Lipinski definition) is 5. The van der Waals surface area contributed by atoms with Gasteiger partial charge in [-0.1, -0.05) is 18.2 Å². The molecule has 4 rings (SSSR count). The molecule has 1 fully saturated rings. The molecular formula is C24H28N2O3. The first kappa shape index (κ1) is 19.6. The Labute approximate surface area is 172 Å². The van der Waals surface area contributed by atoms with Crippen molar-refractivity contribution in [1.29, 1.82) is 0 Å². The molecular weight excluding hydrogens is 364 g/mol. The zero-order valence-corrected chi connectivity index (χ0v) is 17.3. The van der Waals surface area contributed by atoms with E-state index in [1.165, 1.54) is 0 Å². The maximum Gasteiger partial charge on any atom is 0.161 e. The highest BCUT2D eigenvalue weighted by Crippen LogP contribution is 2.53. The Kier molecular flexibility index (Phi) is 5.17. The van der Waals surface area contributed by atoms with E-state index in [9.17, 15) is 9.59 Å². The van der Waals surface area contributed by atoms with E-state index in [1.807, 2.05) is 30.3 Å². The minimum absolute atomic E-state index is 0.0240. The number of hydrogen-bond donors (Lipinski definition) is 1. The van der Waals surface area contributed by atoms with E-state index in [0.29, 0.717) is 30.9 Å². The van der Waals surface area contributed by atoms with Gasteiger partial charge in [-0.05, 0) is 56.5 Å². The monoisotopic (exact) mass is 392 g/mol. The van der Waals surface area contributed by atoms with Gasteiger partial charge in [-0.25, -0.2) is 0 Å². The highest BCUT2D eigenvalue weighted by Gasteiger charge is 2.53. The second-order valence-electron chi connectivity index (χ2n) is 8.13. The Morgan fingerprint density at radius 1 is 1.28 bits per heavy atom. The van der Waals surface area contributed by atoms with Crippen molar-refractivity contribution in [3.63, 3.8) is 0 Å². The van der Waals surface area contributed by atoms with Crippen molar-refractivity contribution in [2.75, 3.05) is 30.5 Å². The molecule has 5 heteroatoms. The number of para-hydroxylation sites is 1. The molecule has 0 bridgehead atoms. The summed E-state index contributed by atoms with van der Waals surface area (Å²) in [4.78, 5) is 27.5. The third kappa shape index (κ3) is 3.14. The summed E-state index contributed by atoms with van der Waals surface area (Å²) in [6.07, 6.45) is 2.52. The number of carbonyl (C=O) groups excluding carboxylic acids is 2. The van der Waals surface area contributed by atoms with Gasteiger partial charge in [0.05, 0.1) is 18.1 Å². The second kappa shape index (κ2) is 7.64. The molecule has 2 aromatic rings. The smallest absolute Gasteiger partial charge is 0.161 e. The highest BCUT2D eigenvalue weighted by atomic mass is 16.5. The van der Waals surface area contributed by atoms with Gasteiger partial charge in [0.15, 0.2) is 5.78 Å². The number of fused-ring (bicyclic) bond motifs is 3. The van der Waals surface area contributed by atoms with Gasteiger partial charge in [0, 0.05) is 42.7 Å². The summed E-state index contributed by atoms with van der Waals surface area (Å²) in [5.74, 6) is 0.346. The van der Waals surface area contributed by atoms with Crippen LogP contribution in [-0.4, -0.2) is 37.9 Å². The summed E-state index contributed by atoms with van der Waals surface area (Å²) >= 11 is 0. The molecule has 1 aliphatic carbocycles. The fourth-order valence-electron chi connectivity index (χ4n) is 4.94. The van der Waals surface area contributed by atoms with Crippen LogP contribution in [0.2, 0.25) is 0 Å². The molecule has 29 heavy (non-hydrogen) atoms. The normalized spacial score (nSPS) is 22.9. The van der Waals surface area contributed by atoms with E-state index in [-0.39, 0.29) is 11.8 Å². The van der Waals surface area contributed by atoms with E-state index in [1.54, 1.807) is 14.0 Å². The molecule has 2 atom stereocenters. The van der Waals surface area contributed by atoms with Gasteiger partial charge in [-0.2, -0.15) is 0 Å². The quantitative estimate of drug-likeness (QED) is 0.580. The first-order valence-corrected chi connectivity index (χ1v) is 10.3. The molecule has 1 saturated carbocycles. The van der Waals surface area contributed by atoms with Crippen molar-refractivity contribution in [1.82, 2.24) is 0 Å². The number of methoxy groups -OCH3 is 1. The summed E-state index contributed by atoms with van der Waals surface area (Å²) in [6.45, 7) is 4.86. The standard InChI is InChI=1S/C24H28N2O3/c1-16(27)18-12-11-17(15-20(18)25-13-14-29-3)26-21-8-5-4-7-19(21)24(2)22(26)9-6-10-23(24)28/h4-5,7-8,11-12,15,22,25H,6,9-10,13-14H2,1-3H3. The lowest BCUT2D eigenvalue weighted by Crippen LogP contribution is -2.49. The maximum absolute atomic E-state index is 13.0. The predicted octanol–water partition coefficient (Wildman–Crippen LogP) is 4.48. The van der Waals surface area contributed by atoms with Gasteiger partial charge in [0.2, 0.25) is 0 Å². The van der Waals surface area contributed by atoms with Crippen LogP contribution >= 0.6 is 0 Å². The molecule has 1 N–H and O–H groups in total. The topological polar surface area (TPSA) is 58.6 Å². The number of rotatable bonds is 6.